The van der Waals surface area contributed by atoms with E-state index in [0.717, 1.165) is 12.8 Å². The van der Waals surface area contributed by atoms with Gasteiger partial charge >= 0.3 is 0 Å². The van der Waals surface area contributed by atoms with Crippen molar-refractivity contribution in [2.75, 3.05) is 66.1 Å². The molecule has 0 aromatic heterocycles. The largest absolute Gasteiger partial charge is 0.377 e. The number of hydrogen-bond donors (Lipinski definition) is 0. The summed E-state index contributed by atoms with van der Waals surface area (Å²) in [5.41, 5.74) is 0. The van der Waals surface area contributed by atoms with Gasteiger partial charge < -0.3 is 28.4 Å². The smallest absolute Gasteiger partial charge is 0.136 e. The van der Waals surface area contributed by atoms with Gasteiger partial charge in [-0.05, 0) is 18.8 Å². The van der Waals surface area contributed by atoms with Crippen molar-refractivity contribution >= 4 is 5.78 Å². The number of Topliss-reactive ketones (excluding diaryl/α,β-unsaturated/α-hetero) is 1. The zero-order valence-corrected chi connectivity index (χ0v) is 14.9. The fourth-order valence-corrected chi connectivity index (χ4v) is 3.95. The number of ketones is 1. The van der Waals surface area contributed by atoms with Crippen molar-refractivity contribution in [1.29, 1.82) is 0 Å². The van der Waals surface area contributed by atoms with Gasteiger partial charge in [-0.1, -0.05) is 0 Å². The molecule has 1 aliphatic heterocycles. The molecular formula is C18H30O7. The summed E-state index contributed by atoms with van der Waals surface area (Å²) in [4.78, 5) is 12.1. The van der Waals surface area contributed by atoms with E-state index in [2.05, 4.69) is 0 Å². The standard InChI is InChI=1S/C18H30O7/c19-16-2-1-14-15(16)13-17-18(14)25-12-10-23-8-6-21-4-3-20-5-7-22-9-11-24-17/h14-15,17-18H,1-13H2/t14-,15-,17+,18+/m0/s1. The summed E-state index contributed by atoms with van der Waals surface area (Å²) in [6, 6.07) is 0. The van der Waals surface area contributed by atoms with Crippen LogP contribution in [0.3, 0.4) is 0 Å². The lowest BCUT2D eigenvalue weighted by Gasteiger charge is -2.24. The van der Waals surface area contributed by atoms with Gasteiger partial charge in [-0.3, -0.25) is 4.79 Å². The second-order valence-corrected chi connectivity index (χ2v) is 6.71. The van der Waals surface area contributed by atoms with Gasteiger partial charge in [0.05, 0.1) is 78.3 Å². The molecule has 0 spiro atoms. The Labute approximate surface area is 149 Å². The van der Waals surface area contributed by atoms with Crippen molar-refractivity contribution in [3.05, 3.63) is 0 Å². The van der Waals surface area contributed by atoms with Gasteiger partial charge in [0, 0.05) is 12.3 Å². The Kier molecular flexibility index (Phi) is 8.10. The fraction of sp³-hybridized carbons (Fsp3) is 0.944. The van der Waals surface area contributed by atoms with Crippen LogP contribution in [0.15, 0.2) is 0 Å². The first-order valence-corrected chi connectivity index (χ1v) is 9.43. The first kappa shape index (κ1) is 19.2. The topological polar surface area (TPSA) is 72.5 Å². The van der Waals surface area contributed by atoms with Crippen LogP contribution in [0.4, 0.5) is 0 Å². The predicted molar refractivity (Wildman–Crippen MR) is 88.6 cm³/mol. The van der Waals surface area contributed by atoms with Crippen molar-refractivity contribution in [1.82, 2.24) is 0 Å². The van der Waals surface area contributed by atoms with E-state index in [1.807, 2.05) is 0 Å². The third-order valence-electron chi connectivity index (χ3n) is 5.14. The van der Waals surface area contributed by atoms with Gasteiger partial charge in [0.15, 0.2) is 0 Å². The Bertz CT molecular complexity index is 403. The lowest BCUT2D eigenvalue weighted by molar-refractivity contribution is -0.121. The molecule has 3 rings (SSSR count). The average Bonchev–Trinajstić information content (AvgIpc) is 3.14. The lowest BCUT2D eigenvalue weighted by atomic mass is 9.99. The molecule has 0 amide bonds. The molecule has 0 aromatic rings. The zero-order valence-electron chi connectivity index (χ0n) is 14.9. The Morgan fingerprint density at radius 2 is 1.20 bits per heavy atom. The summed E-state index contributed by atoms with van der Waals surface area (Å²) in [6.07, 6.45) is 2.32. The van der Waals surface area contributed by atoms with E-state index in [-0.39, 0.29) is 18.1 Å². The summed E-state index contributed by atoms with van der Waals surface area (Å²) in [5.74, 6) is 0.762. The summed E-state index contributed by atoms with van der Waals surface area (Å²) >= 11 is 0. The molecule has 144 valence electrons. The van der Waals surface area contributed by atoms with Crippen LogP contribution in [-0.4, -0.2) is 84.1 Å². The second kappa shape index (κ2) is 10.5. The molecule has 3 aliphatic rings. The number of ether oxygens (including phenoxy) is 6. The molecule has 1 saturated heterocycles. The van der Waals surface area contributed by atoms with Gasteiger partial charge in [0.2, 0.25) is 0 Å². The van der Waals surface area contributed by atoms with Gasteiger partial charge in [-0.25, -0.2) is 0 Å². The predicted octanol–water partition coefficient (Wildman–Crippen LogP) is 0.836. The molecule has 0 N–H and O–H groups in total. The highest BCUT2D eigenvalue weighted by molar-refractivity contribution is 5.84. The Morgan fingerprint density at radius 3 is 1.80 bits per heavy atom. The van der Waals surface area contributed by atoms with Crippen molar-refractivity contribution < 1.29 is 33.2 Å². The zero-order chi connectivity index (χ0) is 17.3. The molecule has 7 nitrogen and oxygen atoms in total. The molecule has 1 heterocycles. The average molecular weight is 358 g/mol. The second-order valence-electron chi connectivity index (χ2n) is 6.71. The molecule has 2 aliphatic carbocycles. The number of fused-ring (bicyclic) bond motifs is 3. The Morgan fingerprint density at radius 1 is 0.680 bits per heavy atom. The molecule has 2 saturated carbocycles. The van der Waals surface area contributed by atoms with E-state index in [1.54, 1.807) is 0 Å². The van der Waals surface area contributed by atoms with E-state index >= 15 is 0 Å². The lowest BCUT2D eigenvalue weighted by Crippen LogP contribution is -2.33. The maximum Gasteiger partial charge on any atom is 0.136 e. The minimum Gasteiger partial charge on any atom is -0.377 e. The number of rotatable bonds is 0. The highest BCUT2D eigenvalue weighted by Crippen LogP contribution is 2.44. The van der Waals surface area contributed by atoms with Crippen LogP contribution in [0.1, 0.15) is 19.3 Å². The van der Waals surface area contributed by atoms with E-state index in [9.17, 15) is 4.79 Å². The van der Waals surface area contributed by atoms with E-state index in [1.165, 1.54) is 0 Å². The first-order chi connectivity index (χ1) is 12.4. The molecular weight excluding hydrogens is 328 g/mol. The van der Waals surface area contributed by atoms with Crippen molar-refractivity contribution in [2.45, 2.75) is 31.5 Å². The summed E-state index contributed by atoms with van der Waals surface area (Å²) in [6.45, 7) is 5.38. The van der Waals surface area contributed by atoms with E-state index in [0.29, 0.717) is 84.2 Å². The van der Waals surface area contributed by atoms with Crippen LogP contribution < -0.4 is 0 Å². The Balaban J connectivity index is 1.48. The highest BCUT2D eigenvalue weighted by Gasteiger charge is 2.50. The molecule has 7 heteroatoms. The van der Waals surface area contributed by atoms with Crippen LogP contribution in [0.2, 0.25) is 0 Å². The van der Waals surface area contributed by atoms with Crippen molar-refractivity contribution in [2.24, 2.45) is 11.8 Å². The molecule has 4 atom stereocenters. The Hall–Kier alpha value is -0.570. The van der Waals surface area contributed by atoms with Crippen LogP contribution in [-0.2, 0) is 33.2 Å². The molecule has 0 unspecified atom stereocenters. The van der Waals surface area contributed by atoms with Gasteiger partial charge in [-0.15, -0.1) is 0 Å². The van der Waals surface area contributed by atoms with Crippen LogP contribution in [0, 0.1) is 11.8 Å². The fourth-order valence-electron chi connectivity index (χ4n) is 3.95. The van der Waals surface area contributed by atoms with E-state index < -0.39 is 0 Å². The van der Waals surface area contributed by atoms with Crippen molar-refractivity contribution in [3.8, 4) is 0 Å². The maximum absolute atomic E-state index is 12.1. The normalized spacial score (nSPS) is 37.0. The third-order valence-corrected chi connectivity index (χ3v) is 5.14. The summed E-state index contributed by atoms with van der Waals surface area (Å²) in [7, 11) is 0. The minimum absolute atomic E-state index is 0.0153. The monoisotopic (exact) mass is 358 g/mol. The number of carbonyl (C=O) groups excluding carboxylic acids is 1. The third kappa shape index (κ3) is 5.70. The van der Waals surface area contributed by atoms with Gasteiger partial charge in [-0.2, -0.15) is 0 Å². The first-order valence-electron chi connectivity index (χ1n) is 9.43. The van der Waals surface area contributed by atoms with Crippen molar-refractivity contribution in [3.63, 3.8) is 0 Å². The van der Waals surface area contributed by atoms with Gasteiger partial charge in [0.1, 0.15) is 5.78 Å². The molecule has 0 bridgehead atoms. The van der Waals surface area contributed by atoms with Crippen LogP contribution in [0.5, 0.6) is 0 Å². The molecule has 3 fully saturated rings. The maximum atomic E-state index is 12.1. The number of carbonyl (C=O) groups is 1. The SMILES string of the molecule is O=C1CC[C@@H]2[C@H]3OCCOCCOCCOCCOCCO[C@@H]3C[C@H]12. The van der Waals surface area contributed by atoms with E-state index in [4.69, 9.17) is 28.4 Å². The number of hydrogen-bond acceptors (Lipinski definition) is 7. The minimum atomic E-state index is -0.0266. The van der Waals surface area contributed by atoms with Crippen LogP contribution >= 0.6 is 0 Å². The van der Waals surface area contributed by atoms with Gasteiger partial charge in [0.25, 0.3) is 0 Å². The molecule has 25 heavy (non-hydrogen) atoms. The quantitative estimate of drug-likeness (QED) is 0.635. The highest BCUT2D eigenvalue weighted by atomic mass is 16.6. The molecule has 0 aromatic carbocycles. The molecule has 0 radical (unpaired) electrons. The van der Waals surface area contributed by atoms with Crippen LogP contribution in [0.25, 0.3) is 0 Å². The summed E-state index contributed by atoms with van der Waals surface area (Å²) in [5, 5.41) is 0. The summed E-state index contributed by atoms with van der Waals surface area (Å²) < 4.78 is 34.0.